The third-order valence-electron chi connectivity index (χ3n) is 0.918. The zero-order valence-corrected chi connectivity index (χ0v) is 8.98. The van der Waals surface area contributed by atoms with Gasteiger partial charge in [-0.25, -0.2) is 4.79 Å². The van der Waals surface area contributed by atoms with Gasteiger partial charge in [-0.3, -0.25) is 0 Å². The molecular weight excluding hydrogens is 244 g/mol. The first-order valence-corrected chi connectivity index (χ1v) is 4.90. The van der Waals surface area contributed by atoms with E-state index in [1.165, 1.54) is 0 Å². The summed E-state index contributed by atoms with van der Waals surface area (Å²) in [6, 6.07) is 0. The molecule has 0 saturated carbocycles. The highest BCUT2D eigenvalue weighted by Crippen LogP contribution is 2.16. The molecule has 0 radical (unpaired) electrons. The van der Waals surface area contributed by atoms with Crippen molar-refractivity contribution in [3.8, 4) is 0 Å². The Morgan fingerprint density at radius 3 is 2.67 bits per heavy atom. The van der Waals surface area contributed by atoms with Crippen LogP contribution in [0.4, 0.5) is 0 Å². The number of carbonyl (C=O) groups excluding carboxylic acids is 1. The van der Waals surface area contributed by atoms with Gasteiger partial charge in [0.25, 0.3) is 0 Å². The number of rotatable bonds is 2. The van der Waals surface area contributed by atoms with Gasteiger partial charge in [-0.2, -0.15) is 0 Å². The second-order valence-corrected chi connectivity index (χ2v) is 4.57. The number of esters is 1. The lowest BCUT2D eigenvalue weighted by atomic mass is 10.5. The molecule has 6 heteroatoms. The summed E-state index contributed by atoms with van der Waals surface area (Å²) in [6.45, 7) is 3.57. The van der Waals surface area contributed by atoms with Crippen molar-refractivity contribution in [1.82, 2.24) is 10.2 Å². The molecule has 1 aromatic rings. The monoisotopic (exact) mass is 250 g/mol. The van der Waals surface area contributed by atoms with E-state index in [1.54, 1.807) is 13.8 Å². The van der Waals surface area contributed by atoms with E-state index in [-0.39, 0.29) is 11.1 Å². The molecule has 0 unspecified atom stereocenters. The van der Waals surface area contributed by atoms with Gasteiger partial charge in [-0.1, -0.05) is 11.3 Å². The molecule has 0 aliphatic carbocycles. The minimum Gasteiger partial charge on any atom is -0.458 e. The number of ether oxygens (including phenoxy) is 1. The highest BCUT2D eigenvalue weighted by Gasteiger charge is 2.14. The first kappa shape index (κ1) is 9.60. The van der Waals surface area contributed by atoms with Crippen molar-refractivity contribution < 1.29 is 9.53 Å². The van der Waals surface area contributed by atoms with Gasteiger partial charge in [0.05, 0.1) is 6.10 Å². The third kappa shape index (κ3) is 2.53. The second-order valence-electron chi connectivity index (χ2n) is 2.31. The van der Waals surface area contributed by atoms with Gasteiger partial charge in [0.15, 0.2) is 3.92 Å². The Balaban J connectivity index is 2.65. The van der Waals surface area contributed by atoms with Crippen LogP contribution in [0.3, 0.4) is 0 Å². The fourth-order valence-electron chi connectivity index (χ4n) is 0.552. The zero-order valence-electron chi connectivity index (χ0n) is 6.57. The Labute approximate surface area is 82.1 Å². The van der Waals surface area contributed by atoms with Gasteiger partial charge < -0.3 is 4.74 Å². The molecular formula is C6H7BrN2O2S. The Hall–Kier alpha value is -0.490. The average molecular weight is 251 g/mol. The Kier molecular flexibility index (Phi) is 3.16. The summed E-state index contributed by atoms with van der Waals surface area (Å²) >= 11 is 4.26. The van der Waals surface area contributed by atoms with E-state index in [2.05, 4.69) is 26.1 Å². The van der Waals surface area contributed by atoms with Crippen LogP contribution in [0.15, 0.2) is 3.92 Å². The molecule has 66 valence electrons. The first-order chi connectivity index (χ1) is 5.59. The Morgan fingerprint density at radius 1 is 1.58 bits per heavy atom. The maximum Gasteiger partial charge on any atom is 0.369 e. The summed E-state index contributed by atoms with van der Waals surface area (Å²) in [5.41, 5.74) is 0. The van der Waals surface area contributed by atoms with Gasteiger partial charge in [0.1, 0.15) is 0 Å². The van der Waals surface area contributed by atoms with E-state index in [0.29, 0.717) is 3.92 Å². The van der Waals surface area contributed by atoms with E-state index in [1.807, 2.05) is 0 Å². The number of hydrogen-bond donors (Lipinski definition) is 0. The van der Waals surface area contributed by atoms with E-state index < -0.39 is 5.97 Å². The first-order valence-electron chi connectivity index (χ1n) is 3.29. The van der Waals surface area contributed by atoms with Crippen LogP contribution in [0.1, 0.15) is 23.6 Å². The standard InChI is InChI=1S/C6H7BrN2O2S/c1-3(2)11-5(10)4-8-9-6(7)12-4/h3H,1-2H3. The minimum atomic E-state index is -0.423. The normalized spacial score (nSPS) is 10.3. The lowest BCUT2D eigenvalue weighted by Crippen LogP contribution is -2.11. The SMILES string of the molecule is CC(C)OC(=O)c1nnc(Br)s1. The van der Waals surface area contributed by atoms with Crippen molar-refractivity contribution >= 4 is 33.2 Å². The molecule has 0 aliphatic rings. The topological polar surface area (TPSA) is 52.1 Å². The van der Waals surface area contributed by atoms with Crippen molar-refractivity contribution in [2.45, 2.75) is 20.0 Å². The fourth-order valence-corrected chi connectivity index (χ4v) is 1.55. The van der Waals surface area contributed by atoms with Gasteiger partial charge in [0.2, 0.25) is 5.01 Å². The molecule has 0 bridgehead atoms. The molecule has 0 N–H and O–H groups in total. The minimum absolute atomic E-state index is 0.125. The van der Waals surface area contributed by atoms with Crippen LogP contribution in [0.5, 0.6) is 0 Å². The van der Waals surface area contributed by atoms with Crippen molar-refractivity contribution in [2.24, 2.45) is 0 Å². The summed E-state index contributed by atoms with van der Waals surface area (Å²) in [5.74, 6) is -0.423. The van der Waals surface area contributed by atoms with E-state index in [9.17, 15) is 4.79 Å². The molecule has 0 atom stereocenters. The molecule has 0 spiro atoms. The molecule has 4 nitrogen and oxygen atoms in total. The average Bonchev–Trinajstić information content (AvgIpc) is 2.34. The quantitative estimate of drug-likeness (QED) is 0.753. The fraction of sp³-hybridized carbons (Fsp3) is 0.500. The zero-order chi connectivity index (χ0) is 9.14. The number of nitrogens with zero attached hydrogens (tertiary/aromatic N) is 2. The number of carbonyl (C=O) groups is 1. The lowest BCUT2D eigenvalue weighted by Gasteiger charge is -2.03. The predicted molar refractivity (Wildman–Crippen MR) is 48.2 cm³/mol. The molecule has 0 aromatic carbocycles. The molecule has 1 heterocycles. The van der Waals surface area contributed by atoms with Crippen LogP contribution in [0, 0.1) is 0 Å². The largest absolute Gasteiger partial charge is 0.458 e. The second kappa shape index (κ2) is 3.95. The molecule has 1 rings (SSSR count). The summed E-state index contributed by atoms with van der Waals surface area (Å²) in [4.78, 5) is 11.1. The molecule has 0 aliphatic heterocycles. The van der Waals surface area contributed by atoms with Crippen molar-refractivity contribution in [2.75, 3.05) is 0 Å². The van der Waals surface area contributed by atoms with Gasteiger partial charge in [-0.15, -0.1) is 10.2 Å². The molecule has 0 saturated heterocycles. The summed E-state index contributed by atoms with van der Waals surface area (Å²) in [6.07, 6.45) is -0.125. The van der Waals surface area contributed by atoms with Crippen LogP contribution in [-0.2, 0) is 4.74 Å². The van der Waals surface area contributed by atoms with Gasteiger partial charge in [-0.05, 0) is 29.8 Å². The summed E-state index contributed by atoms with van der Waals surface area (Å²) < 4.78 is 5.48. The maximum absolute atomic E-state index is 11.1. The molecule has 0 amide bonds. The molecule has 12 heavy (non-hydrogen) atoms. The van der Waals surface area contributed by atoms with Gasteiger partial charge >= 0.3 is 5.97 Å². The van der Waals surface area contributed by atoms with Crippen LogP contribution in [0.25, 0.3) is 0 Å². The predicted octanol–water partition coefficient (Wildman–Crippen LogP) is 1.87. The van der Waals surface area contributed by atoms with Crippen LogP contribution in [0.2, 0.25) is 0 Å². The van der Waals surface area contributed by atoms with E-state index in [4.69, 9.17) is 4.74 Å². The highest BCUT2D eigenvalue weighted by atomic mass is 79.9. The van der Waals surface area contributed by atoms with E-state index >= 15 is 0 Å². The van der Waals surface area contributed by atoms with Crippen molar-refractivity contribution in [1.29, 1.82) is 0 Å². The number of halogens is 1. The summed E-state index contributed by atoms with van der Waals surface area (Å²) in [5, 5.41) is 7.52. The number of hydrogen-bond acceptors (Lipinski definition) is 5. The number of aromatic nitrogens is 2. The van der Waals surface area contributed by atoms with E-state index in [0.717, 1.165) is 11.3 Å². The summed E-state index contributed by atoms with van der Waals surface area (Å²) in [7, 11) is 0. The van der Waals surface area contributed by atoms with Crippen molar-refractivity contribution in [3.63, 3.8) is 0 Å². The van der Waals surface area contributed by atoms with Crippen LogP contribution < -0.4 is 0 Å². The Morgan fingerprint density at radius 2 is 2.25 bits per heavy atom. The molecule has 0 fully saturated rings. The van der Waals surface area contributed by atoms with Crippen LogP contribution in [-0.4, -0.2) is 22.3 Å². The van der Waals surface area contributed by atoms with Crippen LogP contribution >= 0.6 is 27.3 Å². The van der Waals surface area contributed by atoms with Crippen molar-refractivity contribution in [3.05, 3.63) is 8.92 Å². The highest BCUT2D eigenvalue weighted by molar-refractivity contribution is 9.11. The van der Waals surface area contributed by atoms with Gasteiger partial charge in [0, 0.05) is 0 Å². The maximum atomic E-state index is 11.1. The Bertz CT molecular complexity index is 287. The molecule has 1 aromatic heterocycles. The lowest BCUT2D eigenvalue weighted by molar-refractivity contribution is 0.0376. The smallest absolute Gasteiger partial charge is 0.369 e. The third-order valence-corrected chi connectivity index (χ3v) is 2.25.